The first kappa shape index (κ1) is 10.5. The average Bonchev–Trinajstić information content (AvgIpc) is 3.01. The first-order chi connectivity index (χ1) is 8.88. The summed E-state index contributed by atoms with van der Waals surface area (Å²) in [6.07, 6.45) is 0. The standard InChI is InChI=1S/C14H17N3O/c1-2-4-13-12(3-1)16-14(18-13)9-17-7-10-5-15-6-11(10)8-17/h1-4,10-11,15H,5-9H2/t10-,11+. The van der Waals surface area contributed by atoms with Gasteiger partial charge >= 0.3 is 0 Å². The van der Waals surface area contributed by atoms with Crippen molar-refractivity contribution in [2.45, 2.75) is 6.54 Å². The van der Waals surface area contributed by atoms with E-state index in [1.807, 2.05) is 24.3 Å². The van der Waals surface area contributed by atoms with E-state index in [9.17, 15) is 0 Å². The van der Waals surface area contributed by atoms with Gasteiger partial charge in [0.25, 0.3) is 0 Å². The van der Waals surface area contributed by atoms with Crippen LogP contribution in [0.25, 0.3) is 11.1 Å². The monoisotopic (exact) mass is 243 g/mol. The molecule has 3 heterocycles. The topological polar surface area (TPSA) is 41.3 Å². The Balaban J connectivity index is 1.51. The Morgan fingerprint density at radius 2 is 2.00 bits per heavy atom. The molecule has 0 bridgehead atoms. The van der Waals surface area contributed by atoms with Crippen LogP contribution in [0.1, 0.15) is 5.89 Å². The van der Waals surface area contributed by atoms with Gasteiger partial charge < -0.3 is 9.73 Å². The second kappa shape index (κ2) is 4.07. The summed E-state index contributed by atoms with van der Waals surface area (Å²) in [5.41, 5.74) is 1.86. The SMILES string of the molecule is c1ccc2oc(CN3C[C@H]4CNC[C@H]4C3)nc2c1. The number of hydrogen-bond acceptors (Lipinski definition) is 4. The van der Waals surface area contributed by atoms with Gasteiger partial charge in [-0.05, 0) is 37.1 Å². The zero-order chi connectivity index (χ0) is 11.9. The number of nitrogens with zero attached hydrogens (tertiary/aromatic N) is 2. The van der Waals surface area contributed by atoms with Crippen molar-refractivity contribution in [3.8, 4) is 0 Å². The van der Waals surface area contributed by atoms with Gasteiger partial charge in [-0.3, -0.25) is 4.90 Å². The Bertz CT molecular complexity index is 520. The zero-order valence-electron chi connectivity index (χ0n) is 10.3. The lowest BCUT2D eigenvalue weighted by Crippen LogP contribution is -2.25. The maximum absolute atomic E-state index is 5.78. The summed E-state index contributed by atoms with van der Waals surface area (Å²) in [4.78, 5) is 7.02. The van der Waals surface area contributed by atoms with Crippen LogP contribution in [-0.4, -0.2) is 36.1 Å². The largest absolute Gasteiger partial charge is 0.439 e. The lowest BCUT2D eigenvalue weighted by Gasteiger charge is -2.14. The molecule has 4 nitrogen and oxygen atoms in total. The molecule has 94 valence electrons. The van der Waals surface area contributed by atoms with Crippen molar-refractivity contribution < 1.29 is 4.42 Å². The van der Waals surface area contributed by atoms with Crippen LogP contribution in [-0.2, 0) is 6.54 Å². The number of fused-ring (bicyclic) bond motifs is 2. The lowest BCUT2D eigenvalue weighted by molar-refractivity contribution is 0.275. The summed E-state index contributed by atoms with van der Waals surface area (Å²) in [5.74, 6) is 2.51. The van der Waals surface area contributed by atoms with Gasteiger partial charge in [0.15, 0.2) is 5.58 Å². The minimum absolute atomic E-state index is 0.828. The fourth-order valence-corrected chi connectivity index (χ4v) is 3.26. The van der Waals surface area contributed by atoms with E-state index in [0.717, 1.165) is 35.4 Å². The molecule has 0 unspecified atom stereocenters. The summed E-state index contributed by atoms with van der Waals surface area (Å²) >= 11 is 0. The molecule has 2 aliphatic heterocycles. The van der Waals surface area contributed by atoms with Gasteiger partial charge in [0.1, 0.15) is 5.52 Å². The summed E-state index contributed by atoms with van der Waals surface area (Å²) in [6, 6.07) is 7.98. The molecule has 2 fully saturated rings. The van der Waals surface area contributed by atoms with Crippen LogP contribution in [0.5, 0.6) is 0 Å². The molecule has 18 heavy (non-hydrogen) atoms. The van der Waals surface area contributed by atoms with E-state index >= 15 is 0 Å². The highest BCUT2D eigenvalue weighted by Crippen LogP contribution is 2.27. The van der Waals surface area contributed by atoms with Crippen LogP contribution in [0, 0.1) is 11.8 Å². The summed E-state index contributed by atoms with van der Waals surface area (Å²) in [7, 11) is 0. The molecular weight excluding hydrogens is 226 g/mol. The molecular formula is C14H17N3O. The van der Waals surface area contributed by atoms with E-state index in [0.29, 0.717) is 0 Å². The highest BCUT2D eigenvalue weighted by molar-refractivity contribution is 5.72. The van der Waals surface area contributed by atoms with E-state index in [1.165, 1.54) is 26.2 Å². The Labute approximate surface area is 106 Å². The van der Waals surface area contributed by atoms with Crippen LogP contribution < -0.4 is 5.32 Å². The van der Waals surface area contributed by atoms with Crippen molar-refractivity contribution in [2.75, 3.05) is 26.2 Å². The molecule has 0 radical (unpaired) electrons. The van der Waals surface area contributed by atoms with Gasteiger partial charge in [0.2, 0.25) is 5.89 Å². The molecule has 4 rings (SSSR count). The third-order valence-corrected chi connectivity index (χ3v) is 4.16. The van der Waals surface area contributed by atoms with Gasteiger partial charge in [0, 0.05) is 13.1 Å². The van der Waals surface area contributed by atoms with Gasteiger partial charge in [-0.15, -0.1) is 0 Å². The third-order valence-electron chi connectivity index (χ3n) is 4.16. The first-order valence-corrected chi connectivity index (χ1v) is 6.66. The number of rotatable bonds is 2. The highest BCUT2D eigenvalue weighted by Gasteiger charge is 2.36. The molecule has 4 heteroatoms. The molecule has 0 saturated carbocycles. The molecule has 2 saturated heterocycles. The molecule has 2 aromatic rings. The smallest absolute Gasteiger partial charge is 0.209 e. The number of nitrogens with one attached hydrogen (secondary N) is 1. The van der Waals surface area contributed by atoms with Crippen molar-refractivity contribution in [2.24, 2.45) is 11.8 Å². The van der Waals surface area contributed by atoms with E-state index in [1.54, 1.807) is 0 Å². The predicted molar refractivity (Wildman–Crippen MR) is 69.1 cm³/mol. The van der Waals surface area contributed by atoms with E-state index in [4.69, 9.17) is 4.42 Å². The fourth-order valence-electron chi connectivity index (χ4n) is 3.26. The average molecular weight is 243 g/mol. The fraction of sp³-hybridized carbons (Fsp3) is 0.500. The van der Waals surface area contributed by atoms with Crippen LogP contribution in [0.3, 0.4) is 0 Å². The van der Waals surface area contributed by atoms with Crippen LogP contribution in [0.2, 0.25) is 0 Å². The normalized spacial score (nSPS) is 28.0. The number of aromatic nitrogens is 1. The van der Waals surface area contributed by atoms with Crippen LogP contribution in [0.4, 0.5) is 0 Å². The number of hydrogen-bond donors (Lipinski definition) is 1. The number of para-hydroxylation sites is 2. The van der Waals surface area contributed by atoms with E-state index < -0.39 is 0 Å². The molecule has 2 atom stereocenters. The van der Waals surface area contributed by atoms with Crippen molar-refractivity contribution >= 4 is 11.1 Å². The van der Waals surface area contributed by atoms with Crippen molar-refractivity contribution in [1.29, 1.82) is 0 Å². The summed E-state index contributed by atoms with van der Waals surface area (Å²) in [5, 5.41) is 3.46. The van der Waals surface area contributed by atoms with Crippen molar-refractivity contribution in [1.82, 2.24) is 15.2 Å². The quantitative estimate of drug-likeness (QED) is 0.867. The summed E-state index contributed by atoms with van der Waals surface area (Å²) in [6.45, 7) is 5.55. The van der Waals surface area contributed by atoms with Gasteiger partial charge in [0.05, 0.1) is 6.54 Å². The molecule has 0 aliphatic carbocycles. The van der Waals surface area contributed by atoms with Crippen LogP contribution >= 0.6 is 0 Å². The number of benzene rings is 1. The second-order valence-corrected chi connectivity index (χ2v) is 5.45. The Hall–Kier alpha value is -1.39. The minimum atomic E-state index is 0.828. The Kier molecular flexibility index (Phi) is 2.38. The van der Waals surface area contributed by atoms with Crippen molar-refractivity contribution in [3.05, 3.63) is 30.2 Å². The first-order valence-electron chi connectivity index (χ1n) is 6.66. The molecule has 0 spiro atoms. The van der Waals surface area contributed by atoms with Gasteiger partial charge in [-0.2, -0.15) is 0 Å². The number of likely N-dealkylation sites (tertiary alicyclic amines) is 1. The second-order valence-electron chi connectivity index (χ2n) is 5.45. The number of oxazole rings is 1. The maximum Gasteiger partial charge on any atom is 0.209 e. The minimum Gasteiger partial charge on any atom is -0.439 e. The molecule has 0 amide bonds. The predicted octanol–water partition coefficient (Wildman–Crippen LogP) is 1.48. The van der Waals surface area contributed by atoms with E-state index in [2.05, 4.69) is 15.2 Å². The third kappa shape index (κ3) is 1.72. The summed E-state index contributed by atoms with van der Waals surface area (Å²) < 4.78 is 5.78. The van der Waals surface area contributed by atoms with Crippen molar-refractivity contribution in [3.63, 3.8) is 0 Å². The Morgan fingerprint density at radius 1 is 1.22 bits per heavy atom. The molecule has 1 aromatic carbocycles. The van der Waals surface area contributed by atoms with Crippen LogP contribution in [0.15, 0.2) is 28.7 Å². The zero-order valence-corrected chi connectivity index (χ0v) is 10.3. The highest BCUT2D eigenvalue weighted by atomic mass is 16.3. The Morgan fingerprint density at radius 3 is 2.78 bits per heavy atom. The lowest BCUT2D eigenvalue weighted by atomic mass is 10.0. The van der Waals surface area contributed by atoms with Gasteiger partial charge in [-0.25, -0.2) is 4.98 Å². The molecule has 1 aromatic heterocycles. The van der Waals surface area contributed by atoms with E-state index in [-0.39, 0.29) is 0 Å². The maximum atomic E-state index is 5.78. The van der Waals surface area contributed by atoms with Gasteiger partial charge in [-0.1, -0.05) is 12.1 Å². The molecule has 1 N–H and O–H groups in total. The molecule has 2 aliphatic rings.